The molecule has 0 saturated carbocycles. The van der Waals surface area contributed by atoms with Crippen molar-refractivity contribution in [1.82, 2.24) is 14.7 Å². The number of nitrogens with zero attached hydrogens (tertiary/aromatic N) is 5. The molecule has 0 bridgehead atoms. The highest BCUT2D eigenvalue weighted by Gasteiger charge is 2.56. The van der Waals surface area contributed by atoms with Crippen LogP contribution in [0.1, 0.15) is 32.8 Å². The number of aryl methyl sites for hydroxylation is 1. The minimum Gasteiger partial charge on any atom is -0.469 e. The summed E-state index contributed by atoms with van der Waals surface area (Å²) >= 11 is 0. The average molecular weight is 425 g/mol. The van der Waals surface area contributed by atoms with Crippen molar-refractivity contribution in [2.75, 3.05) is 25.6 Å². The average Bonchev–Trinajstić information content (AvgIpc) is 3.27. The van der Waals surface area contributed by atoms with E-state index in [4.69, 9.17) is 4.99 Å². The maximum Gasteiger partial charge on any atom is 0.328 e. The van der Waals surface area contributed by atoms with E-state index in [1.54, 1.807) is 7.05 Å². The number of guanidine groups is 1. The molecule has 9 heteroatoms. The number of ether oxygens (including phenoxy) is 1. The van der Waals surface area contributed by atoms with Crippen molar-refractivity contribution in [3.05, 3.63) is 41.2 Å². The van der Waals surface area contributed by atoms with Crippen molar-refractivity contribution in [2.24, 2.45) is 4.99 Å². The minimum absolute atomic E-state index is 0.0226. The lowest BCUT2D eigenvalue weighted by Crippen LogP contribution is -2.64. The van der Waals surface area contributed by atoms with Crippen molar-refractivity contribution in [3.63, 3.8) is 0 Å². The molecule has 2 unspecified atom stereocenters. The van der Waals surface area contributed by atoms with Crippen molar-refractivity contribution in [1.29, 1.82) is 0 Å². The molecule has 31 heavy (non-hydrogen) atoms. The summed E-state index contributed by atoms with van der Waals surface area (Å²) in [6, 6.07) is 7.00. The van der Waals surface area contributed by atoms with Crippen molar-refractivity contribution in [3.8, 4) is 0 Å². The second kappa shape index (κ2) is 7.72. The number of allylic oxidation sites excluding steroid dienone is 2. The number of carbonyl (C=O) groups excluding carboxylic acids is 3. The topological polar surface area (TPSA) is 85.8 Å². The number of hydrogen-bond donors (Lipinski definition) is 0. The Morgan fingerprint density at radius 3 is 2.55 bits per heavy atom. The molecule has 3 amide bonds. The molecule has 3 aliphatic heterocycles. The molecule has 2 atom stereocenters. The normalized spacial score (nSPS) is 22.8. The Morgan fingerprint density at radius 1 is 1.16 bits per heavy atom. The largest absolute Gasteiger partial charge is 0.469 e. The van der Waals surface area contributed by atoms with E-state index in [1.165, 1.54) is 17.6 Å². The number of aliphatic imine (C=N–C) groups is 1. The van der Waals surface area contributed by atoms with Crippen LogP contribution in [0.25, 0.3) is 0 Å². The number of benzene rings is 1. The number of urea groups is 1. The van der Waals surface area contributed by atoms with Gasteiger partial charge in [-0.2, -0.15) is 0 Å². The molecule has 0 spiro atoms. The fourth-order valence-electron chi connectivity index (χ4n) is 4.44. The number of rotatable bonds is 5. The monoisotopic (exact) mass is 425 g/mol. The molecule has 3 heterocycles. The number of carbonyl (C=O) groups is 3. The predicted octanol–water partition coefficient (Wildman–Crippen LogP) is 2.14. The summed E-state index contributed by atoms with van der Waals surface area (Å²) in [5.74, 6) is -0.175. The lowest BCUT2D eigenvalue weighted by Gasteiger charge is -2.40. The molecule has 0 aromatic heterocycles. The van der Waals surface area contributed by atoms with Gasteiger partial charge in [-0.1, -0.05) is 25.1 Å². The van der Waals surface area contributed by atoms with E-state index in [1.807, 2.05) is 36.9 Å². The molecular weight excluding hydrogens is 398 g/mol. The smallest absolute Gasteiger partial charge is 0.328 e. The molecule has 1 saturated heterocycles. The van der Waals surface area contributed by atoms with E-state index in [9.17, 15) is 14.4 Å². The Kier molecular flexibility index (Phi) is 5.20. The highest BCUT2D eigenvalue weighted by molar-refractivity contribution is 6.10. The van der Waals surface area contributed by atoms with Crippen molar-refractivity contribution >= 4 is 29.6 Å². The number of hydrogen-bond acceptors (Lipinski definition) is 7. The third-order valence-corrected chi connectivity index (χ3v) is 6.27. The summed E-state index contributed by atoms with van der Waals surface area (Å²) < 4.78 is 4.66. The van der Waals surface area contributed by atoms with E-state index >= 15 is 0 Å². The van der Waals surface area contributed by atoms with Gasteiger partial charge in [0.1, 0.15) is 0 Å². The third kappa shape index (κ3) is 3.07. The van der Waals surface area contributed by atoms with Crippen LogP contribution in [0.5, 0.6) is 0 Å². The first-order valence-electron chi connectivity index (χ1n) is 10.4. The first kappa shape index (κ1) is 20.9. The van der Waals surface area contributed by atoms with Crippen LogP contribution >= 0.6 is 0 Å². The molecule has 1 fully saturated rings. The Morgan fingerprint density at radius 2 is 1.87 bits per heavy atom. The van der Waals surface area contributed by atoms with E-state index in [0.29, 0.717) is 5.96 Å². The molecule has 0 N–H and O–H groups in total. The number of anilines is 1. The van der Waals surface area contributed by atoms with Gasteiger partial charge in [0.15, 0.2) is 12.2 Å². The summed E-state index contributed by atoms with van der Waals surface area (Å²) in [5, 5.41) is 0. The summed E-state index contributed by atoms with van der Waals surface area (Å²) in [4.78, 5) is 49.3. The first-order chi connectivity index (χ1) is 14.8. The molecule has 0 aliphatic carbocycles. The van der Waals surface area contributed by atoms with Gasteiger partial charge in [-0.25, -0.2) is 9.79 Å². The van der Waals surface area contributed by atoms with Gasteiger partial charge in [0, 0.05) is 25.0 Å². The summed E-state index contributed by atoms with van der Waals surface area (Å²) in [7, 11) is 2.92. The van der Waals surface area contributed by atoms with Crippen LogP contribution in [0.2, 0.25) is 0 Å². The molecule has 164 valence electrons. The van der Waals surface area contributed by atoms with Gasteiger partial charge in [0.25, 0.3) is 5.91 Å². The van der Waals surface area contributed by atoms with Crippen LogP contribution in [0.15, 0.2) is 40.7 Å². The maximum atomic E-state index is 13.4. The molecule has 1 aromatic rings. The van der Waals surface area contributed by atoms with Gasteiger partial charge < -0.3 is 9.64 Å². The van der Waals surface area contributed by atoms with Gasteiger partial charge in [0.2, 0.25) is 5.96 Å². The van der Waals surface area contributed by atoms with Gasteiger partial charge in [0.05, 0.1) is 19.2 Å². The van der Waals surface area contributed by atoms with Gasteiger partial charge >= 0.3 is 12.0 Å². The van der Waals surface area contributed by atoms with Crippen LogP contribution in [0, 0.1) is 0 Å². The molecular formula is C22H27N5O4. The number of fused-ring (bicyclic) bond motifs is 3. The fraction of sp³-hybridized carbons (Fsp3) is 0.455. The predicted molar refractivity (Wildman–Crippen MR) is 115 cm³/mol. The van der Waals surface area contributed by atoms with Crippen LogP contribution in [-0.2, 0) is 20.7 Å². The number of methoxy groups -OCH3 is 1. The second-order valence-corrected chi connectivity index (χ2v) is 7.86. The molecule has 9 nitrogen and oxygen atoms in total. The highest BCUT2D eigenvalue weighted by atomic mass is 16.5. The van der Waals surface area contributed by atoms with Crippen molar-refractivity contribution in [2.45, 2.75) is 45.8 Å². The highest BCUT2D eigenvalue weighted by Crippen LogP contribution is 2.40. The van der Waals surface area contributed by atoms with Crippen LogP contribution in [0.4, 0.5) is 10.5 Å². The number of esters is 1. The zero-order valence-electron chi connectivity index (χ0n) is 18.5. The zero-order chi connectivity index (χ0) is 22.4. The Bertz CT molecular complexity index is 1020. The Labute approximate surface area is 181 Å². The van der Waals surface area contributed by atoms with Crippen LogP contribution in [0.3, 0.4) is 0 Å². The fourth-order valence-corrected chi connectivity index (χ4v) is 4.44. The summed E-state index contributed by atoms with van der Waals surface area (Å²) in [6.07, 6.45) is 0.192. The Balaban J connectivity index is 1.71. The standard InChI is InChI=1S/C22H27N5O4/c1-6-15-9-7-8-10-16(15)26-13(2)14(3)27-18-19(23-21(26)27)24(4)22(30)25(20(18)29)12-11-17(28)31-5/h7-10,18-19H,6,11-12H2,1-5H3. The van der Waals surface area contributed by atoms with E-state index in [-0.39, 0.29) is 18.9 Å². The third-order valence-electron chi connectivity index (χ3n) is 6.27. The van der Waals surface area contributed by atoms with Crippen molar-refractivity contribution < 1.29 is 19.1 Å². The molecule has 3 aliphatic rings. The van der Waals surface area contributed by atoms with Gasteiger partial charge in [-0.3, -0.25) is 24.3 Å². The quantitative estimate of drug-likeness (QED) is 0.672. The Hall–Kier alpha value is -3.36. The minimum atomic E-state index is -0.663. The molecule has 4 rings (SSSR count). The first-order valence-corrected chi connectivity index (χ1v) is 10.4. The molecule has 1 aromatic carbocycles. The number of para-hydroxylation sites is 1. The van der Waals surface area contributed by atoms with Crippen LogP contribution < -0.4 is 4.90 Å². The summed E-state index contributed by atoms with van der Waals surface area (Å²) in [5.41, 5.74) is 4.10. The summed E-state index contributed by atoms with van der Waals surface area (Å²) in [6.45, 7) is 6.05. The van der Waals surface area contributed by atoms with E-state index < -0.39 is 24.2 Å². The second-order valence-electron chi connectivity index (χ2n) is 7.86. The number of imide groups is 1. The molecule has 0 radical (unpaired) electrons. The number of likely N-dealkylation sites (N-methyl/N-ethyl adjacent to an activating group) is 1. The van der Waals surface area contributed by atoms with E-state index in [0.717, 1.165) is 28.4 Å². The zero-order valence-corrected chi connectivity index (χ0v) is 18.5. The number of amides is 3. The van der Waals surface area contributed by atoms with Gasteiger partial charge in [-0.05, 0) is 31.9 Å². The van der Waals surface area contributed by atoms with Gasteiger partial charge in [-0.15, -0.1) is 0 Å². The SMILES string of the molecule is CCc1ccccc1N1C2=NC3C(C(=O)N(CCC(=O)OC)C(=O)N3C)N2C(C)=C1C. The lowest BCUT2D eigenvalue weighted by atomic mass is 10.1. The van der Waals surface area contributed by atoms with Crippen LogP contribution in [-0.4, -0.2) is 71.5 Å². The van der Waals surface area contributed by atoms with E-state index in [2.05, 4.69) is 22.6 Å². The maximum absolute atomic E-state index is 13.4. The lowest BCUT2D eigenvalue weighted by molar-refractivity contribution is -0.142.